The van der Waals surface area contributed by atoms with Crippen LogP contribution in [0.15, 0.2) is 21.5 Å². The second kappa shape index (κ2) is 7.38. The molecule has 1 aliphatic heterocycles. The van der Waals surface area contributed by atoms with E-state index in [0.29, 0.717) is 35.8 Å². The van der Waals surface area contributed by atoms with E-state index in [1.54, 1.807) is 24.2 Å². The van der Waals surface area contributed by atoms with Crippen molar-refractivity contribution in [3.8, 4) is 0 Å². The van der Waals surface area contributed by atoms with Gasteiger partial charge in [0, 0.05) is 31.7 Å². The van der Waals surface area contributed by atoms with Gasteiger partial charge in [0.2, 0.25) is 5.95 Å². The highest BCUT2D eigenvalue weighted by Crippen LogP contribution is 2.17. The van der Waals surface area contributed by atoms with Crippen molar-refractivity contribution in [2.75, 3.05) is 25.0 Å². The standard InChI is InChI=1S/C16H20BrN5O3/c1-3-4-5-25-16(24)22-8-11(9-22)19-15-18-7-10-6-12(17)14(23)21(2)13(10)20-15/h6-7,11H,3-5,8-9H2,1-2H3,(H,18,19,20). The number of pyridine rings is 1. The number of carbonyl (C=O) groups is 1. The fourth-order valence-corrected chi connectivity index (χ4v) is 3.09. The zero-order valence-electron chi connectivity index (χ0n) is 14.2. The van der Waals surface area contributed by atoms with Crippen molar-refractivity contribution >= 4 is 39.0 Å². The lowest BCUT2D eigenvalue weighted by Crippen LogP contribution is -2.57. The lowest BCUT2D eigenvalue weighted by molar-refractivity contribution is 0.0747. The first-order chi connectivity index (χ1) is 12.0. The number of anilines is 1. The number of carbonyl (C=O) groups excluding carboxylic acids is 1. The van der Waals surface area contributed by atoms with E-state index in [4.69, 9.17) is 4.74 Å². The van der Waals surface area contributed by atoms with Crippen molar-refractivity contribution in [3.05, 3.63) is 27.1 Å². The van der Waals surface area contributed by atoms with Crippen LogP contribution in [-0.4, -0.2) is 51.3 Å². The fraction of sp³-hybridized carbons (Fsp3) is 0.500. The molecule has 0 spiro atoms. The lowest BCUT2D eigenvalue weighted by Gasteiger charge is -2.38. The Morgan fingerprint density at radius 3 is 2.96 bits per heavy atom. The summed E-state index contributed by atoms with van der Waals surface area (Å²) in [5, 5.41) is 3.96. The first-order valence-electron chi connectivity index (χ1n) is 8.20. The number of nitrogens with zero attached hydrogens (tertiary/aromatic N) is 4. The summed E-state index contributed by atoms with van der Waals surface area (Å²) in [6.45, 7) is 3.61. The van der Waals surface area contributed by atoms with E-state index in [0.717, 1.165) is 18.2 Å². The van der Waals surface area contributed by atoms with Gasteiger partial charge in [-0.25, -0.2) is 9.78 Å². The Morgan fingerprint density at radius 1 is 1.48 bits per heavy atom. The molecular weight excluding hydrogens is 390 g/mol. The maximum absolute atomic E-state index is 12.0. The zero-order valence-corrected chi connectivity index (χ0v) is 15.7. The number of aryl methyl sites for hydroxylation is 1. The molecule has 3 rings (SSSR count). The minimum absolute atomic E-state index is 0.0728. The van der Waals surface area contributed by atoms with Gasteiger partial charge in [-0.05, 0) is 28.4 Å². The second-order valence-electron chi connectivity index (χ2n) is 6.04. The Bertz CT molecular complexity index is 848. The molecule has 0 aliphatic carbocycles. The van der Waals surface area contributed by atoms with E-state index in [9.17, 15) is 9.59 Å². The van der Waals surface area contributed by atoms with E-state index in [1.807, 2.05) is 0 Å². The smallest absolute Gasteiger partial charge is 0.409 e. The monoisotopic (exact) mass is 409 g/mol. The van der Waals surface area contributed by atoms with E-state index in [2.05, 4.69) is 38.1 Å². The normalized spacial score (nSPS) is 14.4. The first kappa shape index (κ1) is 17.7. The van der Waals surface area contributed by atoms with Gasteiger partial charge in [-0.15, -0.1) is 0 Å². The van der Waals surface area contributed by atoms with Gasteiger partial charge in [-0.2, -0.15) is 4.98 Å². The molecule has 0 unspecified atom stereocenters. The van der Waals surface area contributed by atoms with Crippen molar-refractivity contribution in [1.82, 2.24) is 19.4 Å². The summed E-state index contributed by atoms with van der Waals surface area (Å²) in [6.07, 6.45) is 3.26. The molecule has 134 valence electrons. The van der Waals surface area contributed by atoms with Gasteiger partial charge in [0.1, 0.15) is 5.65 Å². The molecule has 0 saturated carbocycles. The SMILES string of the molecule is CCCCOC(=O)N1CC(Nc2ncc3cc(Br)c(=O)n(C)c3n2)C1. The van der Waals surface area contributed by atoms with Gasteiger partial charge < -0.3 is 15.0 Å². The van der Waals surface area contributed by atoms with E-state index < -0.39 is 0 Å². The minimum atomic E-state index is -0.279. The van der Waals surface area contributed by atoms with Gasteiger partial charge in [-0.1, -0.05) is 13.3 Å². The summed E-state index contributed by atoms with van der Waals surface area (Å²) in [6, 6.07) is 1.78. The van der Waals surface area contributed by atoms with Crippen molar-refractivity contribution in [1.29, 1.82) is 0 Å². The van der Waals surface area contributed by atoms with E-state index >= 15 is 0 Å². The van der Waals surface area contributed by atoms with Gasteiger partial charge in [0.25, 0.3) is 5.56 Å². The predicted octanol–water partition coefficient (Wildman–Crippen LogP) is 2.12. The number of amides is 1. The molecular formula is C16H20BrN5O3. The number of hydrogen-bond donors (Lipinski definition) is 1. The van der Waals surface area contributed by atoms with Crippen LogP contribution in [0.25, 0.3) is 11.0 Å². The Kier molecular flexibility index (Phi) is 5.22. The maximum atomic E-state index is 12.0. The van der Waals surface area contributed by atoms with Crippen molar-refractivity contribution in [3.63, 3.8) is 0 Å². The van der Waals surface area contributed by atoms with Gasteiger partial charge >= 0.3 is 6.09 Å². The van der Waals surface area contributed by atoms with Gasteiger partial charge in [0.05, 0.1) is 17.1 Å². The van der Waals surface area contributed by atoms with Crippen LogP contribution in [0.5, 0.6) is 0 Å². The zero-order chi connectivity index (χ0) is 18.0. The third-order valence-electron chi connectivity index (χ3n) is 4.10. The molecule has 1 amide bonds. The summed E-state index contributed by atoms with van der Waals surface area (Å²) < 4.78 is 7.12. The van der Waals surface area contributed by atoms with Crippen LogP contribution >= 0.6 is 15.9 Å². The average Bonchev–Trinajstić information content (AvgIpc) is 2.56. The fourth-order valence-electron chi connectivity index (χ4n) is 2.57. The summed E-state index contributed by atoms with van der Waals surface area (Å²) in [4.78, 5) is 34.1. The minimum Gasteiger partial charge on any atom is -0.449 e. The van der Waals surface area contributed by atoms with Crippen molar-refractivity contribution in [2.45, 2.75) is 25.8 Å². The Hall–Kier alpha value is -2.16. The van der Waals surface area contributed by atoms with Crippen LogP contribution in [0.3, 0.4) is 0 Å². The quantitative estimate of drug-likeness (QED) is 0.760. The molecule has 1 aliphatic rings. The number of ether oxygens (including phenoxy) is 1. The summed E-state index contributed by atoms with van der Waals surface area (Å²) >= 11 is 3.23. The Morgan fingerprint density at radius 2 is 2.24 bits per heavy atom. The highest BCUT2D eigenvalue weighted by molar-refractivity contribution is 9.10. The third-order valence-corrected chi connectivity index (χ3v) is 4.67. The predicted molar refractivity (Wildman–Crippen MR) is 97.7 cm³/mol. The molecule has 8 nitrogen and oxygen atoms in total. The van der Waals surface area contributed by atoms with Crippen molar-refractivity contribution in [2.24, 2.45) is 7.05 Å². The number of halogens is 1. The van der Waals surface area contributed by atoms with Crippen LogP contribution < -0.4 is 10.9 Å². The third kappa shape index (κ3) is 3.76. The molecule has 1 saturated heterocycles. The summed E-state index contributed by atoms with van der Waals surface area (Å²) in [7, 11) is 1.67. The van der Waals surface area contributed by atoms with Crippen LogP contribution in [0.2, 0.25) is 0 Å². The summed E-state index contributed by atoms with van der Waals surface area (Å²) in [5.74, 6) is 0.439. The molecule has 0 aromatic carbocycles. The molecule has 1 N–H and O–H groups in total. The molecule has 9 heteroatoms. The largest absolute Gasteiger partial charge is 0.449 e. The second-order valence-corrected chi connectivity index (χ2v) is 6.90. The number of rotatable bonds is 5. The van der Waals surface area contributed by atoms with Crippen LogP contribution in [-0.2, 0) is 11.8 Å². The molecule has 0 atom stereocenters. The van der Waals surface area contributed by atoms with Gasteiger partial charge in [0.15, 0.2) is 0 Å². The number of fused-ring (bicyclic) bond motifs is 1. The average molecular weight is 410 g/mol. The number of hydrogen-bond acceptors (Lipinski definition) is 6. The van der Waals surface area contributed by atoms with Crippen molar-refractivity contribution < 1.29 is 9.53 Å². The van der Waals surface area contributed by atoms with Gasteiger partial charge in [-0.3, -0.25) is 9.36 Å². The first-order valence-corrected chi connectivity index (χ1v) is 8.99. The van der Waals surface area contributed by atoms with Crippen LogP contribution in [0.4, 0.5) is 10.7 Å². The molecule has 3 heterocycles. The number of unbranched alkanes of at least 4 members (excludes halogenated alkanes) is 1. The Balaban J connectivity index is 1.61. The maximum Gasteiger partial charge on any atom is 0.409 e. The highest BCUT2D eigenvalue weighted by atomic mass is 79.9. The molecule has 2 aromatic heterocycles. The van der Waals surface area contributed by atoms with Crippen LogP contribution in [0, 0.1) is 0 Å². The van der Waals surface area contributed by atoms with E-state index in [1.165, 1.54) is 4.57 Å². The molecule has 1 fully saturated rings. The topological polar surface area (TPSA) is 89.4 Å². The Labute approximate surface area is 153 Å². The molecule has 0 radical (unpaired) electrons. The number of aromatic nitrogens is 3. The number of likely N-dealkylation sites (tertiary alicyclic amines) is 1. The molecule has 0 bridgehead atoms. The van der Waals surface area contributed by atoms with E-state index in [-0.39, 0.29) is 17.7 Å². The van der Waals surface area contributed by atoms with Crippen LogP contribution in [0.1, 0.15) is 19.8 Å². The lowest BCUT2D eigenvalue weighted by atomic mass is 10.1. The highest BCUT2D eigenvalue weighted by Gasteiger charge is 2.32. The summed E-state index contributed by atoms with van der Waals surface area (Å²) in [5.41, 5.74) is 0.405. The number of nitrogens with one attached hydrogen (secondary N) is 1. The molecule has 25 heavy (non-hydrogen) atoms. The molecule has 2 aromatic rings.